The van der Waals surface area contributed by atoms with Gasteiger partial charge in [0.25, 0.3) is 5.91 Å². The molecule has 1 atom stereocenters. The van der Waals surface area contributed by atoms with E-state index in [2.05, 4.69) is 5.32 Å². The van der Waals surface area contributed by atoms with Gasteiger partial charge in [-0.1, -0.05) is 35.9 Å². The van der Waals surface area contributed by atoms with Gasteiger partial charge in [0.15, 0.2) is 0 Å². The number of ether oxygens (including phenoxy) is 1. The highest BCUT2D eigenvalue weighted by atomic mass is 35.5. The Morgan fingerprint density at radius 2 is 2.07 bits per heavy atom. The van der Waals surface area contributed by atoms with Crippen LogP contribution in [-0.4, -0.2) is 23.8 Å². The summed E-state index contributed by atoms with van der Waals surface area (Å²) in [6.07, 6.45) is 0.144. The fraction of sp³-hybridized carbons (Fsp3) is 0.217. The van der Waals surface area contributed by atoms with Crippen molar-refractivity contribution in [2.24, 2.45) is 0 Å². The van der Waals surface area contributed by atoms with E-state index in [1.54, 1.807) is 28.4 Å². The first-order valence-electron chi connectivity index (χ1n) is 9.54. The SMILES string of the molecule is COc1cc(Cl)c(C)cc1NC(=O)C[C@H](c1cccs1)N1Cc2ccccc2C1=O. The minimum absolute atomic E-state index is 0.0447. The summed E-state index contributed by atoms with van der Waals surface area (Å²) in [6, 6.07) is 14.6. The fourth-order valence-electron chi connectivity index (χ4n) is 3.68. The van der Waals surface area contributed by atoms with E-state index in [1.165, 1.54) is 7.11 Å². The van der Waals surface area contributed by atoms with Gasteiger partial charge >= 0.3 is 0 Å². The molecule has 0 saturated heterocycles. The molecule has 30 heavy (non-hydrogen) atoms. The first-order chi connectivity index (χ1) is 14.5. The summed E-state index contributed by atoms with van der Waals surface area (Å²) in [5.41, 5.74) is 3.09. The molecular formula is C23H21ClN2O3S. The number of aryl methyl sites for hydroxylation is 1. The summed E-state index contributed by atoms with van der Waals surface area (Å²) in [5.74, 6) is 0.255. The average Bonchev–Trinajstić information content (AvgIpc) is 3.38. The number of nitrogens with zero attached hydrogens (tertiary/aromatic N) is 1. The summed E-state index contributed by atoms with van der Waals surface area (Å²) in [6.45, 7) is 2.36. The maximum absolute atomic E-state index is 13.0. The van der Waals surface area contributed by atoms with Gasteiger partial charge in [-0.15, -0.1) is 11.3 Å². The van der Waals surface area contributed by atoms with Crippen molar-refractivity contribution >= 4 is 40.4 Å². The number of hydrogen-bond donors (Lipinski definition) is 1. The monoisotopic (exact) mass is 440 g/mol. The number of carbonyl (C=O) groups is 2. The third kappa shape index (κ3) is 3.93. The second kappa shape index (κ2) is 8.50. The highest BCUT2D eigenvalue weighted by Gasteiger charge is 2.35. The van der Waals surface area contributed by atoms with Crippen LogP contribution in [0.15, 0.2) is 53.9 Å². The van der Waals surface area contributed by atoms with Crippen LogP contribution in [0.3, 0.4) is 0 Å². The van der Waals surface area contributed by atoms with Gasteiger partial charge in [0.2, 0.25) is 5.91 Å². The smallest absolute Gasteiger partial charge is 0.255 e. The van der Waals surface area contributed by atoms with E-state index < -0.39 is 0 Å². The maximum Gasteiger partial charge on any atom is 0.255 e. The summed E-state index contributed by atoms with van der Waals surface area (Å²) < 4.78 is 5.36. The molecule has 2 amide bonds. The zero-order chi connectivity index (χ0) is 21.3. The van der Waals surface area contributed by atoms with Gasteiger partial charge in [0.05, 0.1) is 25.3 Å². The van der Waals surface area contributed by atoms with Crippen LogP contribution in [0.25, 0.3) is 0 Å². The molecule has 0 saturated carbocycles. The van der Waals surface area contributed by atoms with Gasteiger partial charge in [-0.3, -0.25) is 9.59 Å². The van der Waals surface area contributed by atoms with Crippen molar-refractivity contribution < 1.29 is 14.3 Å². The molecule has 5 nitrogen and oxygen atoms in total. The van der Waals surface area contributed by atoms with E-state index in [0.717, 1.165) is 16.0 Å². The van der Waals surface area contributed by atoms with E-state index in [9.17, 15) is 9.59 Å². The number of rotatable bonds is 6. The van der Waals surface area contributed by atoms with Crippen LogP contribution >= 0.6 is 22.9 Å². The predicted octanol–water partition coefficient (Wildman–Crippen LogP) is 5.44. The van der Waals surface area contributed by atoms with Crippen molar-refractivity contribution in [3.63, 3.8) is 0 Å². The molecule has 1 N–H and O–H groups in total. The Balaban J connectivity index is 1.58. The van der Waals surface area contributed by atoms with Crippen LogP contribution in [0.5, 0.6) is 5.75 Å². The van der Waals surface area contributed by atoms with Crippen molar-refractivity contribution in [3.05, 3.63) is 80.5 Å². The lowest BCUT2D eigenvalue weighted by Crippen LogP contribution is -2.31. The number of fused-ring (bicyclic) bond motifs is 1. The molecule has 1 aliphatic rings. The topological polar surface area (TPSA) is 58.6 Å². The van der Waals surface area contributed by atoms with Gasteiger partial charge in [-0.25, -0.2) is 0 Å². The zero-order valence-corrected chi connectivity index (χ0v) is 18.2. The zero-order valence-electron chi connectivity index (χ0n) is 16.6. The largest absolute Gasteiger partial charge is 0.495 e. The molecule has 0 spiro atoms. The van der Waals surface area contributed by atoms with Crippen LogP contribution in [-0.2, 0) is 11.3 Å². The average molecular weight is 441 g/mol. The summed E-state index contributed by atoms with van der Waals surface area (Å²) in [4.78, 5) is 28.8. The number of thiophene rings is 1. The number of carbonyl (C=O) groups excluding carboxylic acids is 2. The predicted molar refractivity (Wildman–Crippen MR) is 119 cm³/mol. The summed E-state index contributed by atoms with van der Waals surface area (Å²) in [7, 11) is 1.53. The minimum atomic E-state index is -0.343. The lowest BCUT2D eigenvalue weighted by molar-refractivity contribution is -0.117. The second-order valence-electron chi connectivity index (χ2n) is 7.18. The molecule has 0 radical (unpaired) electrons. The van der Waals surface area contributed by atoms with Crippen LogP contribution in [0.4, 0.5) is 5.69 Å². The molecule has 0 bridgehead atoms. The molecule has 0 aliphatic carbocycles. The third-order valence-electron chi connectivity index (χ3n) is 5.23. The number of anilines is 1. The second-order valence-corrected chi connectivity index (χ2v) is 8.56. The van der Waals surface area contributed by atoms with Crippen molar-refractivity contribution in [3.8, 4) is 5.75 Å². The first-order valence-corrected chi connectivity index (χ1v) is 10.8. The molecular weight excluding hydrogens is 420 g/mol. The van der Waals surface area contributed by atoms with Crippen LogP contribution in [0.2, 0.25) is 5.02 Å². The van der Waals surface area contributed by atoms with E-state index in [0.29, 0.717) is 28.6 Å². The van der Waals surface area contributed by atoms with Gasteiger partial charge in [-0.05, 0) is 41.6 Å². The highest BCUT2D eigenvalue weighted by Crippen LogP contribution is 2.36. The Labute approximate surface area is 184 Å². The number of nitrogens with one attached hydrogen (secondary N) is 1. The lowest BCUT2D eigenvalue weighted by atomic mass is 10.1. The summed E-state index contributed by atoms with van der Waals surface area (Å²) >= 11 is 7.71. The third-order valence-corrected chi connectivity index (χ3v) is 6.61. The van der Waals surface area contributed by atoms with Crippen molar-refractivity contribution in [1.29, 1.82) is 0 Å². The van der Waals surface area contributed by atoms with Crippen molar-refractivity contribution in [2.45, 2.75) is 25.9 Å². The molecule has 7 heteroatoms. The molecule has 4 rings (SSSR count). The Hall–Kier alpha value is -2.83. The Morgan fingerprint density at radius 1 is 1.27 bits per heavy atom. The van der Waals surface area contributed by atoms with E-state index >= 15 is 0 Å². The van der Waals surface area contributed by atoms with E-state index in [1.807, 2.05) is 48.7 Å². The van der Waals surface area contributed by atoms with Gasteiger partial charge in [-0.2, -0.15) is 0 Å². The maximum atomic E-state index is 13.0. The normalized spacial score (nSPS) is 13.8. The van der Waals surface area contributed by atoms with Crippen LogP contribution in [0.1, 0.15) is 38.8 Å². The minimum Gasteiger partial charge on any atom is -0.495 e. The van der Waals surface area contributed by atoms with Gasteiger partial charge in [0, 0.05) is 28.1 Å². The van der Waals surface area contributed by atoms with Crippen molar-refractivity contribution in [1.82, 2.24) is 4.90 Å². The quantitative estimate of drug-likeness (QED) is 0.554. The van der Waals surface area contributed by atoms with Crippen LogP contribution < -0.4 is 10.1 Å². The van der Waals surface area contributed by atoms with Gasteiger partial charge in [0.1, 0.15) is 5.75 Å². The lowest BCUT2D eigenvalue weighted by Gasteiger charge is -2.27. The summed E-state index contributed by atoms with van der Waals surface area (Å²) in [5, 5.41) is 5.45. The number of halogens is 1. The number of benzene rings is 2. The van der Waals surface area contributed by atoms with Crippen molar-refractivity contribution in [2.75, 3.05) is 12.4 Å². The number of amides is 2. The standard InChI is InChI=1S/C23H21ClN2O3S/c1-14-10-18(20(29-2)11-17(14)24)25-22(27)12-19(21-8-5-9-30-21)26-13-15-6-3-4-7-16(15)23(26)28/h3-11,19H,12-13H2,1-2H3,(H,25,27)/t19-/m1/s1. The molecule has 3 aromatic rings. The molecule has 0 fully saturated rings. The highest BCUT2D eigenvalue weighted by molar-refractivity contribution is 7.10. The number of hydrogen-bond acceptors (Lipinski definition) is 4. The molecule has 1 aromatic heterocycles. The first kappa shape index (κ1) is 20.4. The van der Waals surface area contributed by atoms with Gasteiger partial charge < -0.3 is 15.0 Å². The number of methoxy groups -OCH3 is 1. The molecule has 2 aromatic carbocycles. The molecule has 154 valence electrons. The Kier molecular flexibility index (Phi) is 5.79. The van der Waals surface area contributed by atoms with E-state index in [-0.39, 0.29) is 24.3 Å². The molecule has 0 unspecified atom stereocenters. The molecule has 1 aliphatic heterocycles. The Morgan fingerprint density at radius 3 is 2.77 bits per heavy atom. The van der Waals surface area contributed by atoms with Crippen LogP contribution in [0, 0.1) is 6.92 Å². The van der Waals surface area contributed by atoms with E-state index in [4.69, 9.17) is 16.3 Å². The fourth-order valence-corrected chi connectivity index (χ4v) is 4.67. The molecule has 2 heterocycles. The Bertz CT molecular complexity index is 1100.